The average Bonchev–Trinajstić information content (AvgIpc) is 2.88. The number of carbonyl (C=O) groups excluding carboxylic acids is 1. The van der Waals surface area contributed by atoms with Crippen LogP contribution in [0.1, 0.15) is 55.4 Å². The van der Waals surface area contributed by atoms with Crippen molar-refractivity contribution >= 4 is 23.8 Å². The minimum Gasteiger partial charge on any atom is -0.492 e. The van der Waals surface area contributed by atoms with Crippen LogP contribution in [0.3, 0.4) is 0 Å². The third-order valence-electron chi connectivity index (χ3n) is 6.26. The zero-order valence-corrected chi connectivity index (χ0v) is 24.3. The van der Waals surface area contributed by atoms with Gasteiger partial charge in [0.15, 0.2) is 6.10 Å². The van der Waals surface area contributed by atoms with Gasteiger partial charge in [-0.05, 0) is 80.3 Å². The first kappa shape index (κ1) is 31.5. The summed E-state index contributed by atoms with van der Waals surface area (Å²) in [6, 6.07) is 11.2. The van der Waals surface area contributed by atoms with Crippen molar-refractivity contribution in [3.05, 3.63) is 58.7 Å². The van der Waals surface area contributed by atoms with Crippen LogP contribution in [0.15, 0.2) is 36.4 Å². The van der Waals surface area contributed by atoms with E-state index in [1.165, 1.54) is 24.8 Å². The highest BCUT2D eigenvalue weighted by molar-refractivity contribution is 7.99. The molecule has 0 aliphatic carbocycles. The Morgan fingerprint density at radius 2 is 1.66 bits per heavy atom. The zero-order valence-electron chi connectivity index (χ0n) is 23.5. The van der Waals surface area contributed by atoms with E-state index in [4.69, 9.17) is 14.2 Å². The molecule has 1 unspecified atom stereocenters. The molecule has 2 aromatic carbocycles. The van der Waals surface area contributed by atoms with E-state index in [-0.39, 0.29) is 12.5 Å². The Labute approximate surface area is 231 Å². The van der Waals surface area contributed by atoms with Crippen LogP contribution in [0.25, 0.3) is 0 Å². The number of carbonyl (C=O) groups is 2. The summed E-state index contributed by atoms with van der Waals surface area (Å²) in [5, 5.41) is 9.29. The van der Waals surface area contributed by atoms with Crippen molar-refractivity contribution in [1.29, 1.82) is 0 Å². The molecule has 0 bridgehead atoms. The van der Waals surface area contributed by atoms with Gasteiger partial charge in [-0.15, -0.1) is 0 Å². The van der Waals surface area contributed by atoms with Crippen LogP contribution in [-0.4, -0.2) is 66.0 Å². The summed E-state index contributed by atoms with van der Waals surface area (Å²) in [5.74, 6) is 2.19. The van der Waals surface area contributed by atoms with Crippen molar-refractivity contribution < 1.29 is 28.9 Å². The molecule has 0 spiro atoms. The van der Waals surface area contributed by atoms with Crippen LogP contribution in [0, 0.1) is 20.8 Å². The normalized spacial score (nSPS) is 11.7. The fourth-order valence-corrected chi connectivity index (χ4v) is 4.82. The molecule has 2 aromatic rings. The van der Waals surface area contributed by atoms with Gasteiger partial charge in [0.1, 0.15) is 18.1 Å². The topological polar surface area (TPSA) is 85.3 Å². The standard InChI is InChI=1S/C30H43NO6S/c1-6-8-9-17-38-18-15-31(30(34)37-27-20-23(4)22(3)19-24(27)5)14-16-36-26-12-10-25(11-13-26)21-28(29(32)33)35-7-2/h10-13,19-20,28H,6-9,14-18,21H2,1-5H3,(H,32,33). The Balaban J connectivity index is 1.96. The summed E-state index contributed by atoms with van der Waals surface area (Å²) in [6.07, 6.45) is 2.65. The van der Waals surface area contributed by atoms with Gasteiger partial charge in [0, 0.05) is 25.3 Å². The van der Waals surface area contributed by atoms with Gasteiger partial charge in [-0.3, -0.25) is 0 Å². The lowest BCUT2D eigenvalue weighted by Crippen LogP contribution is -2.38. The van der Waals surface area contributed by atoms with E-state index in [0.29, 0.717) is 37.8 Å². The number of rotatable bonds is 17. The fourth-order valence-electron chi connectivity index (χ4n) is 3.86. The Morgan fingerprint density at radius 3 is 2.32 bits per heavy atom. The van der Waals surface area contributed by atoms with Crippen molar-refractivity contribution in [1.82, 2.24) is 4.90 Å². The molecule has 0 aromatic heterocycles. The van der Waals surface area contributed by atoms with Crippen molar-refractivity contribution in [2.45, 2.75) is 66.4 Å². The average molecular weight is 546 g/mol. The second-order valence-corrected chi connectivity index (χ2v) is 10.6. The molecule has 8 heteroatoms. The largest absolute Gasteiger partial charge is 0.492 e. The second-order valence-electron chi connectivity index (χ2n) is 9.36. The maximum absolute atomic E-state index is 13.1. The van der Waals surface area contributed by atoms with E-state index in [0.717, 1.165) is 28.2 Å². The predicted octanol–water partition coefficient (Wildman–Crippen LogP) is 6.45. The molecule has 7 nitrogen and oxygen atoms in total. The summed E-state index contributed by atoms with van der Waals surface area (Å²) in [5.41, 5.74) is 4.03. The van der Waals surface area contributed by atoms with Crippen LogP contribution in [0.2, 0.25) is 0 Å². The lowest BCUT2D eigenvalue weighted by atomic mass is 10.1. The summed E-state index contributed by atoms with van der Waals surface area (Å²) in [4.78, 5) is 26.1. The molecule has 1 atom stereocenters. The lowest BCUT2D eigenvalue weighted by molar-refractivity contribution is -0.149. The molecular formula is C30H43NO6S. The molecular weight excluding hydrogens is 502 g/mol. The molecule has 38 heavy (non-hydrogen) atoms. The molecule has 0 fully saturated rings. The summed E-state index contributed by atoms with van der Waals surface area (Å²) in [6.45, 7) is 11.6. The SMILES string of the molecule is CCCCCSCCN(CCOc1ccc(CC(OCC)C(=O)O)cc1)C(=O)Oc1cc(C)c(C)cc1C. The maximum Gasteiger partial charge on any atom is 0.415 e. The van der Waals surface area contributed by atoms with E-state index in [9.17, 15) is 14.7 Å². The number of carboxylic acid groups (broad SMARTS) is 1. The van der Waals surface area contributed by atoms with Crippen molar-refractivity contribution in [3.63, 3.8) is 0 Å². The molecule has 2 rings (SSSR count). The number of amides is 1. The third kappa shape index (κ3) is 11.0. The first-order valence-electron chi connectivity index (χ1n) is 13.4. The molecule has 210 valence electrons. The minimum absolute atomic E-state index is 0.289. The van der Waals surface area contributed by atoms with Crippen LogP contribution in [0.4, 0.5) is 4.79 Å². The number of unbranched alkanes of at least 4 members (excludes halogenated alkanes) is 2. The first-order chi connectivity index (χ1) is 18.2. The van der Waals surface area contributed by atoms with Gasteiger partial charge in [0.2, 0.25) is 0 Å². The first-order valence-corrected chi connectivity index (χ1v) is 14.6. The molecule has 1 N–H and O–H groups in total. The number of ether oxygens (including phenoxy) is 3. The van der Waals surface area contributed by atoms with E-state index in [1.54, 1.807) is 11.8 Å². The van der Waals surface area contributed by atoms with Gasteiger partial charge in [0.05, 0.1) is 6.54 Å². The van der Waals surface area contributed by atoms with Gasteiger partial charge in [-0.2, -0.15) is 11.8 Å². The number of hydrogen-bond acceptors (Lipinski definition) is 6. The van der Waals surface area contributed by atoms with Crippen LogP contribution < -0.4 is 9.47 Å². The maximum atomic E-state index is 13.1. The van der Waals surface area contributed by atoms with E-state index in [1.807, 2.05) is 68.9 Å². The number of benzene rings is 2. The molecule has 0 heterocycles. The van der Waals surface area contributed by atoms with E-state index < -0.39 is 12.1 Å². The van der Waals surface area contributed by atoms with Gasteiger partial charge >= 0.3 is 12.1 Å². The van der Waals surface area contributed by atoms with Crippen molar-refractivity contribution in [2.24, 2.45) is 0 Å². The van der Waals surface area contributed by atoms with Crippen molar-refractivity contribution in [2.75, 3.05) is 37.8 Å². The number of nitrogens with zero attached hydrogens (tertiary/aromatic N) is 1. The summed E-state index contributed by atoms with van der Waals surface area (Å²) >= 11 is 1.85. The molecule has 1 amide bonds. The summed E-state index contributed by atoms with van der Waals surface area (Å²) in [7, 11) is 0. The monoisotopic (exact) mass is 545 g/mol. The van der Waals surface area contributed by atoms with Gasteiger partial charge in [-0.1, -0.05) is 38.0 Å². The van der Waals surface area contributed by atoms with Gasteiger partial charge < -0.3 is 24.2 Å². The highest BCUT2D eigenvalue weighted by Crippen LogP contribution is 2.23. The third-order valence-corrected chi connectivity index (χ3v) is 7.31. The molecule has 0 radical (unpaired) electrons. The number of hydrogen-bond donors (Lipinski definition) is 1. The molecule has 0 saturated carbocycles. The van der Waals surface area contributed by atoms with Gasteiger partial charge in [0.25, 0.3) is 0 Å². The molecule has 0 saturated heterocycles. The Hall–Kier alpha value is -2.71. The predicted molar refractivity (Wildman–Crippen MR) is 154 cm³/mol. The quantitative estimate of drug-likeness (QED) is 0.229. The number of carboxylic acids is 1. The fraction of sp³-hybridized carbons (Fsp3) is 0.533. The number of thioether (sulfide) groups is 1. The Kier molecular flexibility index (Phi) is 14.1. The van der Waals surface area contributed by atoms with Gasteiger partial charge in [-0.25, -0.2) is 9.59 Å². The van der Waals surface area contributed by atoms with Crippen molar-refractivity contribution in [3.8, 4) is 11.5 Å². The highest BCUT2D eigenvalue weighted by Gasteiger charge is 2.19. The van der Waals surface area contributed by atoms with Crippen LogP contribution in [-0.2, 0) is 16.0 Å². The molecule has 0 aliphatic rings. The number of aryl methyl sites for hydroxylation is 3. The minimum atomic E-state index is -0.973. The van der Waals surface area contributed by atoms with Crippen LogP contribution in [0.5, 0.6) is 11.5 Å². The molecule has 0 aliphatic heterocycles. The Morgan fingerprint density at radius 1 is 0.947 bits per heavy atom. The number of aliphatic carboxylic acids is 1. The smallest absolute Gasteiger partial charge is 0.415 e. The summed E-state index contributed by atoms with van der Waals surface area (Å²) < 4.78 is 17.0. The highest BCUT2D eigenvalue weighted by atomic mass is 32.2. The Bertz CT molecular complexity index is 1010. The zero-order chi connectivity index (χ0) is 27.9. The van der Waals surface area contributed by atoms with E-state index in [2.05, 4.69) is 6.92 Å². The van der Waals surface area contributed by atoms with E-state index >= 15 is 0 Å². The lowest BCUT2D eigenvalue weighted by Gasteiger charge is -2.23. The van der Waals surface area contributed by atoms with Crippen LogP contribution >= 0.6 is 11.8 Å². The second kappa shape index (κ2) is 17.0.